The van der Waals surface area contributed by atoms with Gasteiger partial charge in [-0.1, -0.05) is 6.07 Å². The van der Waals surface area contributed by atoms with Crippen LogP contribution in [0.5, 0.6) is 0 Å². The third-order valence-electron chi connectivity index (χ3n) is 6.89. The Labute approximate surface area is 169 Å². The number of hydrogen-bond acceptors (Lipinski definition) is 5. The Morgan fingerprint density at radius 2 is 1.55 bits per heavy atom. The van der Waals surface area contributed by atoms with Crippen molar-refractivity contribution in [2.45, 2.75) is 63.5 Å². The Balaban J connectivity index is 1.35. The minimum Gasteiger partial charge on any atom is -0.382 e. The standard InChI is InChI=1S/C22H25N3O4/c26-18-11-10-17(20(27)24-18)25-21(28)15-2-1-3-16(19(15)22(25)29)23-14-8-6-13(7-9-14)12-4-5-12/h1-3,12-14,17,23H,4-11H2,(H,24,26,27). The summed E-state index contributed by atoms with van der Waals surface area (Å²) in [5, 5.41) is 5.73. The van der Waals surface area contributed by atoms with Gasteiger partial charge in [-0.05, 0) is 68.9 Å². The molecule has 4 aliphatic rings. The third-order valence-corrected chi connectivity index (χ3v) is 6.89. The van der Waals surface area contributed by atoms with E-state index in [-0.39, 0.29) is 18.7 Å². The molecule has 1 aromatic rings. The number of fused-ring (bicyclic) bond motifs is 1. The van der Waals surface area contributed by atoms with Gasteiger partial charge in [0.05, 0.1) is 11.1 Å². The van der Waals surface area contributed by atoms with E-state index in [4.69, 9.17) is 0 Å². The summed E-state index contributed by atoms with van der Waals surface area (Å²) in [7, 11) is 0. The minimum absolute atomic E-state index is 0.124. The van der Waals surface area contributed by atoms with Crippen molar-refractivity contribution in [2.75, 3.05) is 5.32 Å². The quantitative estimate of drug-likeness (QED) is 0.764. The molecule has 1 aromatic carbocycles. The summed E-state index contributed by atoms with van der Waals surface area (Å²) in [6.07, 6.45) is 7.62. The highest BCUT2D eigenvalue weighted by Crippen LogP contribution is 2.44. The molecule has 2 aliphatic heterocycles. The summed E-state index contributed by atoms with van der Waals surface area (Å²) in [4.78, 5) is 50.8. The molecule has 1 unspecified atom stereocenters. The van der Waals surface area contributed by atoms with Crippen LogP contribution in [0.4, 0.5) is 5.69 Å². The highest BCUT2D eigenvalue weighted by atomic mass is 16.2. The predicted octanol–water partition coefficient (Wildman–Crippen LogP) is 2.47. The lowest BCUT2D eigenvalue weighted by atomic mass is 9.83. The van der Waals surface area contributed by atoms with Crippen molar-refractivity contribution in [2.24, 2.45) is 11.8 Å². The topological polar surface area (TPSA) is 95.6 Å². The number of carbonyl (C=O) groups excluding carboxylic acids is 4. The van der Waals surface area contributed by atoms with Crippen molar-refractivity contribution in [3.63, 3.8) is 0 Å². The molecule has 2 saturated carbocycles. The van der Waals surface area contributed by atoms with Gasteiger partial charge in [0.2, 0.25) is 11.8 Å². The molecular weight excluding hydrogens is 370 g/mol. The Morgan fingerprint density at radius 3 is 2.21 bits per heavy atom. The van der Waals surface area contributed by atoms with Crippen molar-refractivity contribution in [1.82, 2.24) is 10.2 Å². The fourth-order valence-electron chi connectivity index (χ4n) is 5.16. The Kier molecular flexibility index (Phi) is 4.41. The number of benzene rings is 1. The molecule has 0 bridgehead atoms. The minimum atomic E-state index is -0.929. The van der Waals surface area contributed by atoms with Gasteiger partial charge in [-0.3, -0.25) is 29.4 Å². The van der Waals surface area contributed by atoms with E-state index >= 15 is 0 Å². The number of rotatable bonds is 4. The zero-order valence-corrected chi connectivity index (χ0v) is 16.3. The largest absolute Gasteiger partial charge is 0.382 e. The first-order valence-corrected chi connectivity index (χ1v) is 10.6. The number of imide groups is 2. The Morgan fingerprint density at radius 1 is 0.862 bits per heavy atom. The number of nitrogens with zero attached hydrogens (tertiary/aromatic N) is 1. The van der Waals surface area contributed by atoms with Gasteiger partial charge >= 0.3 is 0 Å². The monoisotopic (exact) mass is 395 g/mol. The molecule has 152 valence electrons. The van der Waals surface area contributed by atoms with Crippen LogP contribution >= 0.6 is 0 Å². The van der Waals surface area contributed by atoms with Crippen LogP contribution in [0.25, 0.3) is 0 Å². The summed E-state index contributed by atoms with van der Waals surface area (Å²) >= 11 is 0. The second-order valence-electron chi connectivity index (χ2n) is 8.77. The molecule has 7 heteroatoms. The lowest BCUT2D eigenvalue weighted by molar-refractivity contribution is -0.136. The van der Waals surface area contributed by atoms with Gasteiger partial charge in [-0.25, -0.2) is 0 Å². The number of anilines is 1. The maximum absolute atomic E-state index is 13.1. The molecule has 4 amide bonds. The normalized spacial score (nSPS) is 29.7. The van der Waals surface area contributed by atoms with Gasteiger partial charge in [-0.15, -0.1) is 0 Å². The molecule has 0 radical (unpaired) electrons. The van der Waals surface area contributed by atoms with Crippen LogP contribution < -0.4 is 10.6 Å². The number of piperidine rings is 1. The maximum atomic E-state index is 13.1. The van der Waals surface area contributed by atoms with E-state index in [1.807, 2.05) is 6.07 Å². The lowest BCUT2D eigenvalue weighted by Gasteiger charge is -2.30. The fraction of sp³-hybridized carbons (Fsp3) is 0.545. The van der Waals surface area contributed by atoms with Crippen molar-refractivity contribution >= 4 is 29.3 Å². The van der Waals surface area contributed by atoms with Crippen LogP contribution in [0.2, 0.25) is 0 Å². The zero-order valence-electron chi connectivity index (χ0n) is 16.3. The van der Waals surface area contributed by atoms with Gasteiger partial charge in [0.15, 0.2) is 0 Å². The SMILES string of the molecule is O=C1CCC(N2C(=O)c3cccc(NC4CCC(C5CC5)CC4)c3C2=O)C(=O)N1. The van der Waals surface area contributed by atoms with Crippen LogP contribution in [0.3, 0.4) is 0 Å². The number of amides is 4. The van der Waals surface area contributed by atoms with Crippen LogP contribution in [-0.4, -0.2) is 40.6 Å². The van der Waals surface area contributed by atoms with E-state index in [0.29, 0.717) is 22.9 Å². The van der Waals surface area contributed by atoms with E-state index in [1.165, 1.54) is 25.7 Å². The predicted molar refractivity (Wildman–Crippen MR) is 105 cm³/mol. The van der Waals surface area contributed by atoms with E-state index in [0.717, 1.165) is 29.6 Å². The van der Waals surface area contributed by atoms with Crippen molar-refractivity contribution in [1.29, 1.82) is 0 Å². The second-order valence-corrected chi connectivity index (χ2v) is 8.77. The van der Waals surface area contributed by atoms with Crippen molar-refractivity contribution < 1.29 is 19.2 Å². The summed E-state index contributed by atoms with van der Waals surface area (Å²) in [6, 6.07) is 4.61. The average molecular weight is 395 g/mol. The van der Waals surface area contributed by atoms with E-state index in [2.05, 4.69) is 10.6 Å². The molecule has 0 aromatic heterocycles. The first-order chi connectivity index (χ1) is 14.0. The molecule has 2 heterocycles. The third kappa shape index (κ3) is 3.22. The molecule has 29 heavy (non-hydrogen) atoms. The van der Waals surface area contributed by atoms with Crippen molar-refractivity contribution in [3.8, 4) is 0 Å². The smallest absolute Gasteiger partial charge is 0.264 e. The van der Waals surface area contributed by atoms with Crippen LogP contribution in [0.15, 0.2) is 18.2 Å². The van der Waals surface area contributed by atoms with Crippen molar-refractivity contribution in [3.05, 3.63) is 29.3 Å². The first kappa shape index (κ1) is 18.3. The molecule has 1 atom stereocenters. The Bertz CT molecular complexity index is 899. The fourth-order valence-corrected chi connectivity index (χ4v) is 5.16. The summed E-state index contributed by atoms with van der Waals surface area (Å²) in [5.41, 5.74) is 1.35. The Hall–Kier alpha value is -2.70. The van der Waals surface area contributed by atoms with E-state index in [1.54, 1.807) is 12.1 Å². The van der Waals surface area contributed by atoms with E-state index < -0.39 is 23.8 Å². The lowest BCUT2D eigenvalue weighted by Crippen LogP contribution is -2.54. The molecule has 2 aliphatic carbocycles. The van der Waals surface area contributed by atoms with Crippen LogP contribution in [0, 0.1) is 11.8 Å². The molecular formula is C22H25N3O4. The summed E-state index contributed by atoms with van der Waals surface area (Å²) < 4.78 is 0. The highest BCUT2D eigenvalue weighted by molar-refractivity contribution is 6.25. The van der Waals surface area contributed by atoms with E-state index in [9.17, 15) is 19.2 Å². The van der Waals surface area contributed by atoms with Gasteiger partial charge < -0.3 is 5.32 Å². The first-order valence-electron chi connectivity index (χ1n) is 10.6. The van der Waals surface area contributed by atoms with Gasteiger partial charge in [0.25, 0.3) is 11.8 Å². The summed E-state index contributed by atoms with van der Waals surface area (Å²) in [5.74, 6) is -0.0792. The molecule has 1 saturated heterocycles. The average Bonchev–Trinajstić information content (AvgIpc) is 3.52. The molecule has 2 N–H and O–H groups in total. The molecule has 5 rings (SSSR count). The molecule has 3 fully saturated rings. The highest BCUT2D eigenvalue weighted by Gasteiger charge is 2.45. The van der Waals surface area contributed by atoms with Crippen LogP contribution in [-0.2, 0) is 9.59 Å². The van der Waals surface area contributed by atoms with Crippen LogP contribution in [0.1, 0.15) is 72.1 Å². The molecule has 7 nitrogen and oxygen atoms in total. The summed E-state index contributed by atoms with van der Waals surface area (Å²) in [6.45, 7) is 0. The molecule has 0 spiro atoms. The number of hydrogen-bond donors (Lipinski definition) is 2. The zero-order chi connectivity index (χ0) is 20.1. The van der Waals surface area contributed by atoms with Gasteiger partial charge in [-0.2, -0.15) is 0 Å². The maximum Gasteiger partial charge on any atom is 0.264 e. The number of carbonyl (C=O) groups is 4. The van der Waals surface area contributed by atoms with Gasteiger partial charge in [0, 0.05) is 18.2 Å². The second kappa shape index (κ2) is 6.97. The van der Waals surface area contributed by atoms with Gasteiger partial charge in [0.1, 0.15) is 6.04 Å². The number of nitrogens with one attached hydrogen (secondary N) is 2.